The van der Waals surface area contributed by atoms with Crippen molar-refractivity contribution in [2.45, 2.75) is 0 Å². The quantitative estimate of drug-likeness (QED) is 0.767. The van der Waals surface area contributed by atoms with Crippen LogP contribution in [0, 0.1) is 0 Å². The molecular formula is C8H10N4S. The first kappa shape index (κ1) is 8.40. The van der Waals surface area contributed by atoms with E-state index in [1.165, 1.54) is 0 Å². The number of rotatable bonds is 3. The third-order valence-electron chi connectivity index (χ3n) is 1.70. The minimum atomic E-state index is 0.607. The molecule has 0 radical (unpaired) electrons. The van der Waals surface area contributed by atoms with Gasteiger partial charge in [0.25, 0.3) is 0 Å². The second-order valence-corrected chi connectivity index (χ2v) is 3.47. The maximum Gasteiger partial charge on any atom is 0.138 e. The zero-order chi connectivity index (χ0) is 9.10. The molecule has 0 aliphatic heterocycles. The second kappa shape index (κ2) is 3.68. The molecule has 13 heavy (non-hydrogen) atoms. The molecular weight excluding hydrogens is 184 g/mol. The van der Waals surface area contributed by atoms with E-state index < -0.39 is 0 Å². The van der Waals surface area contributed by atoms with Crippen LogP contribution in [0.4, 0.5) is 5.82 Å². The maximum absolute atomic E-state index is 5.39. The molecule has 0 saturated carbocycles. The van der Waals surface area contributed by atoms with Gasteiger partial charge in [0.2, 0.25) is 0 Å². The Balaban J connectivity index is 2.37. The standard InChI is InChI=1S/C8H10N4S/c9-2-3-10-7-6-1-4-13-8(6)12-5-11-7/h1,4-5H,2-3,9H2,(H,10,11,12). The van der Waals surface area contributed by atoms with E-state index in [0.717, 1.165) is 22.6 Å². The summed E-state index contributed by atoms with van der Waals surface area (Å²) >= 11 is 1.61. The minimum absolute atomic E-state index is 0.607. The van der Waals surface area contributed by atoms with Crippen LogP contribution in [0.5, 0.6) is 0 Å². The monoisotopic (exact) mass is 194 g/mol. The van der Waals surface area contributed by atoms with Crippen molar-refractivity contribution in [2.24, 2.45) is 5.73 Å². The number of hydrogen-bond acceptors (Lipinski definition) is 5. The topological polar surface area (TPSA) is 63.8 Å². The lowest BCUT2D eigenvalue weighted by Gasteiger charge is -2.03. The summed E-state index contributed by atoms with van der Waals surface area (Å²) in [4.78, 5) is 9.30. The van der Waals surface area contributed by atoms with Crippen molar-refractivity contribution >= 4 is 27.4 Å². The summed E-state index contributed by atoms with van der Waals surface area (Å²) in [6, 6.07) is 2.01. The fourth-order valence-corrected chi connectivity index (χ4v) is 1.85. The van der Waals surface area contributed by atoms with E-state index in [1.807, 2.05) is 11.4 Å². The Morgan fingerprint density at radius 3 is 3.23 bits per heavy atom. The van der Waals surface area contributed by atoms with Crippen molar-refractivity contribution < 1.29 is 0 Å². The highest BCUT2D eigenvalue weighted by Crippen LogP contribution is 2.23. The Labute approximate surface area is 79.8 Å². The van der Waals surface area contributed by atoms with E-state index in [9.17, 15) is 0 Å². The molecule has 2 rings (SSSR count). The number of anilines is 1. The Morgan fingerprint density at radius 2 is 2.38 bits per heavy atom. The molecule has 0 aromatic carbocycles. The zero-order valence-corrected chi connectivity index (χ0v) is 7.84. The third kappa shape index (κ3) is 1.61. The van der Waals surface area contributed by atoms with Crippen molar-refractivity contribution in [1.29, 1.82) is 0 Å². The molecule has 0 aliphatic rings. The average Bonchev–Trinajstić information content (AvgIpc) is 2.62. The zero-order valence-electron chi connectivity index (χ0n) is 7.03. The predicted octanol–water partition coefficient (Wildman–Crippen LogP) is 1.06. The summed E-state index contributed by atoms with van der Waals surface area (Å²) in [6.07, 6.45) is 1.57. The number of nitrogens with zero attached hydrogens (tertiary/aromatic N) is 2. The van der Waals surface area contributed by atoms with Gasteiger partial charge in [-0.25, -0.2) is 9.97 Å². The fourth-order valence-electron chi connectivity index (χ4n) is 1.12. The van der Waals surface area contributed by atoms with Gasteiger partial charge in [0.15, 0.2) is 0 Å². The van der Waals surface area contributed by atoms with E-state index >= 15 is 0 Å². The van der Waals surface area contributed by atoms with Crippen LogP contribution in [0.15, 0.2) is 17.8 Å². The second-order valence-electron chi connectivity index (χ2n) is 2.58. The normalized spacial score (nSPS) is 10.5. The van der Waals surface area contributed by atoms with E-state index in [1.54, 1.807) is 17.7 Å². The molecule has 0 atom stereocenters. The third-order valence-corrected chi connectivity index (χ3v) is 2.52. The molecule has 2 aromatic rings. The largest absolute Gasteiger partial charge is 0.368 e. The van der Waals surface area contributed by atoms with Crippen LogP contribution in [0.1, 0.15) is 0 Å². The summed E-state index contributed by atoms with van der Waals surface area (Å²) in [7, 11) is 0. The summed E-state index contributed by atoms with van der Waals surface area (Å²) < 4.78 is 0. The molecule has 3 N–H and O–H groups in total. The number of nitrogens with two attached hydrogens (primary N) is 1. The molecule has 0 bridgehead atoms. The lowest BCUT2D eigenvalue weighted by Crippen LogP contribution is -2.13. The van der Waals surface area contributed by atoms with Gasteiger partial charge in [-0.2, -0.15) is 0 Å². The molecule has 2 aromatic heterocycles. The molecule has 4 nitrogen and oxygen atoms in total. The van der Waals surface area contributed by atoms with Crippen LogP contribution in [-0.4, -0.2) is 23.1 Å². The molecule has 2 heterocycles. The predicted molar refractivity (Wildman–Crippen MR) is 55.0 cm³/mol. The Hall–Kier alpha value is -1.20. The first-order chi connectivity index (χ1) is 6.42. The van der Waals surface area contributed by atoms with Gasteiger partial charge in [0, 0.05) is 13.1 Å². The molecule has 0 fully saturated rings. The number of fused-ring (bicyclic) bond motifs is 1. The Kier molecular flexibility index (Phi) is 2.37. The molecule has 0 saturated heterocycles. The molecule has 0 amide bonds. The highest BCUT2D eigenvalue weighted by Gasteiger charge is 2.02. The van der Waals surface area contributed by atoms with E-state index in [4.69, 9.17) is 5.73 Å². The molecule has 0 unspecified atom stereocenters. The van der Waals surface area contributed by atoms with Gasteiger partial charge in [0.05, 0.1) is 5.39 Å². The Morgan fingerprint density at radius 1 is 1.46 bits per heavy atom. The first-order valence-electron chi connectivity index (χ1n) is 4.04. The molecule has 0 aliphatic carbocycles. The lowest BCUT2D eigenvalue weighted by molar-refractivity contribution is 1.01. The van der Waals surface area contributed by atoms with Crippen molar-refractivity contribution in [2.75, 3.05) is 18.4 Å². The summed E-state index contributed by atoms with van der Waals surface area (Å²) in [5, 5.41) is 6.23. The van der Waals surface area contributed by atoms with Crippen LogP contribution in [0.2, 0.25) is 0 Å². The van der Waals surface area contributed by atoms with Gasteiger partial charge >= 0.3 is 0 Å². The highest BCUT2D eigenvalue weighted by atomic mass is 32.1. The summed E-state index contributed by atoms with van der Waals surface area (Å²) in [6.45, 7) is 1.34. The van der Waals surface area contributed by atoms with Crippen molar-refractivity contribution in [3.05, 3.63) is 17.8 Å². The van der Waals surface area contributed by atoms with Crippen LogP contribution in [0.3, 0.4) is 0 Å². The first-order valence-corrected chi connectivity index (χ1v) is 4.92. The van der Waals surface area contributed by atoms with Gasteiger partial charge in [-0.3, -0.25) is 0 Å². The number of aromatic nitrogens is 2. The summed E-state index contributed by atoms with van der Waals surface area (Å²) in [5.41, 5.74) is 5.39. The van der Waals surface area contributed by atoms with Crippen LogP contribution >= 0.6 is 11.3 Å². The van der Waals surface area contributed by atoms with Gasteiger partial charge in [0.1, 0.15) is 17.0 Å². The van der Waals surface area contributed by atoms with Crippen LogP contribution in [0.25, 0.3) is 10.2 Å². The number of nitrogens with one attached hydrogen (secondary N) is 1. The summed E-state index contributed by atoms with van der Waals surface area (Å²) in [5.74, 6) is 0.872. The molecule has 0 spiro atoms. The van der Waals surface area contributed by atoms with Crippen molar-refractivity contribution in [3.63, 3.8) is 0 Å². The van der Waals surface area contributed by atoms with Crippen LogP contribution in [-0.2, 0) is 0 Å². The minimum Gasteiger partial charge on any atom is -0.368 e. The highest BCUT2D eigenvalue weighted by molar-refractivity contribution is 7.16. The van der Waals surface area contributed by atoms with Crippen LogP contribution < -0.4 is 11.1 Å². The molecule has 68 valence electrons. The SMILES string of the molecule is NCCNc1ncnc2sccc12. The van der Waals surface area contributed by atoms with Crippen molar-refractivity contribution in [1.82, 2.24) is 9.97 Å². The average molecular weight is 194 g/mol. The Bertz CT molecular complexity index is 398. The number of thiophene rings is 1. The fraction of sp³-hybridized carbons (Fsp3) is 0.250. The smallest absolute Gasteiger partial charge is 0.138 e. The van der Waals surface area contributed by atoms with E-state index in [2.05, 4.69) is 15.3 Å². The lowest BCUT2D eigenvalue weighted by atomic mass is 10.4. The molecule has 5 heteroatoms. The van der Waals surface area contributed by atoms with Gasteiger partial charge < -0.3 is 11.1 Å². The van der Waals surface area contributed by atoms with Crippen molar-refractivity contribution in [3.8, 4) is 0 Å². The maximum atomic E-state index is 5.39. The van der Waals surface area contributed by atoms with E-state index in [0.29, 0.717) is 6.54 Å². The van der Waals surface area contributed by atoms with Gasteiger partial charge in [-0.05, 0) is 11.4 Å². The van der Waals surface area contributed by atoms with Gasteiger partial charge in [-0.1, -0.05) is 0 Å². The van der Waals surface area contributed by atoms with E-state index in [-0.39, 0.29) is 0 Å². The number of hydrogen-bond donors (Lipinski definition) is 2. The van der Waals surface area contributed by atoms with Gasteiger partial charge in [-0.15, -0.1) is 11.3 Å².